The molecule has 1 amide bonds. The zero-order valence-electron chi connectivity index (χ0n) is 11.3. The predicted molar refractivity (Wildman–Crippen MR) is 84.4 cm³/mol. The molecule has 3 rings (SSSR count). The van der Waals surface area contributed by atoms with Crippen LogP contribution in [0.25, 0.3) is 10.8 Å². The minimum atomic E-state index is -0.239. The van der Waals surface area contributed by atoms with Gasteiger partial charge in [0, 0.05) is 17.0 Å². The lowest BCUT2D eigenvalue weighted by atomic mass is 10.1. The highest BCUT2D eigenvalue weighted by Crippen LogP contribution is 2.25. The lowest BCUT2D eigenvalue weighted by Gasteiger charge is -2.09. The Labute approximate surface area is 125 Å². The summed E-state index contributed by atoms with van der Waals surface area (Å²) in [6, 6.07) is 7.46. The molecule has 0 aliphatic heterocycles. The number of nitrogens with zero attached hydrogens (tertiary/aromatic N) is 2. The van der Waals surface area contributed by atoms with Gasteiger partial charge in [-0.15, -0.1) is 11.3 Å². The van der Waals surface area contributed by atoms with E-state index in [4.69, 9.17) is 5.84 Å². The van der Waals surface area contributed by atoms with Crippen molar-refractivity contribution in [3.05, 3.63) is 47.1 Å². The molecule has 2 heterocycles. The van der Waals surface area contributed by atoms with Gasteiger partial charge in [0.1, 0.15) is 5.82 Å². The van der Waals surface area contributed by atoms with Crippen LogP contribution in [0.1, 0.15) is 16.1 Å². The molecule has 6 nitrogen and oxygen atoms in total. The summed E-state index contributed by atoms with van der Waals surface area (Å²) in [5.41, 5.74) is 3.90. The molecule has 0 atom stereocenters. The summed E-state index contributed by atoms with van der Waals surface area (Å²) in [6.07, 6.45) is 1.51. The molecule has 0 radical (unpaired) electrons. The van der Waals surface area contributed by atoms with Crippen molar-refractivity contribution in [2.45, 2.75) is 6.92 Å². The number of pyridine rings is 1. The maximum Gasteiger partial charge on any atom is 0.259 e. The SMILES string of the molecule is Cc1csc(NC(=O)c2cnc(NN)c3ccccc23)n1. The number of anilines is 2. The highest BCUT2D eigenvalue weighted by atomic mass is 32.1. The summed E-state index contributed by atoms with van der Waals surface area (Å²) in [4.78, 5) is 20.8. The van der Waals surface area contributed by atoms with E-state index in [0.717, 1.165) is 16.5 Å². The van der Waals surface area contributed by atoms with E-state index in [1.165, 1.54) is 17.5 Å². The Morgan fingerprint density at radius 1 is 1.29 bits per heavy atom. The molecule has 0 aliphatic carbocycles. The normalized spacial score (nSPS) is 10.6. The Hall–Kier alpha value is -2.51. The molecule has 0 unspecified atom stereocenters. The van der Waals surface area contributed by atoms with E-state index in [9.17, 15) is 4.79 Å². The van der Waals surface area contributed by atoms with Crippen molar-refractivity contribution >= 4 is 39.0 Å². The number of benzene rings is 1. The second-order valence-electron chi connectivity index (χ2n) is 4.46. The minimum absolute atomic E-state index is 0.239. The standard InChI is InChI=1S/C14H13N5OS/c1-8-7-21-14(17-8)18-13(20)11-6-16-12(19-15)10-5-3-2-4-9(10)11/h2-7H,15H2,1H3,(H,16,19)(H,17,18,20). The molecule has 1 aromatic carbocycles. The van der Waals surface area contributed by atoms with Gasteiger partial charge in [0.15, 0.2) is 5.13 Å². The number of hydrogen-bond acceptors (Lipinski definition) is 6. The number of hydrogen-bond donors (Lipinski definition) is 3. The smallest absolute Gasteiger partial charge is 0.259 e. The van der Waals surface area contributed by atoms with Crippen molar-refractivity contribution in [2.75, 3.05) is 10.7 Å². The fourth-order valence-electron chi connectivity index (χ4n) is 2.06. The minimum Gasteiger partial charge on any atom is -0.308 e. The van der Waals surface area contributed by atoms with E-state index in [-0.39, 0.29) is 5.91 Å². The van der Waals surface area contributed by atoms with Gasteiger partial charge in [0.2, 0.25) is 0 Å². The van der Waals surface area contributed by atoms with Crippen molar-refractivity contribution in [2.24, 2.45) is 5.84 Å². The molecular weight excluding hydrogens is 286 g/mol. The van der Waals surface area contributed by atoms with Crippen molar-refractivity contribution < 1.29 is 4.79 Å². The fourth-order valence-corrected chi connectivity index (χ4v) is 2.75. The average Bonchev–Trinajstić information content (AvgIpc) is 2.91. The molecule has 0 saturated heterocycles. The van der Waals surface area contributed by atoms with Gasteiger partial charge >= 0.3 is 0 Å². The summed E-state index contributed by atoms with van der Waals surface area (Å²) < 4.78 is 0. The van der Waals surface area contributed by atoms with Crippen molar-refractivity contribution in [3.63, 3.8) is 0 Å². The van der Waals surface area contributed by atoms with Crippen molar-refractivity contribution in [1.82, 2.24) is 9.97 Å². The van der Waals surface area contributed by atoms with Gasteiger partial charge in [-0.25, -0.2) is 15.8 Å². The first kappa shape index (κ1) is 13.5. The number of carbonyl (C=O) groups is 1. The van der Waals surface area contributed by atoms with Crippen LogP contribution in [0.2, 0.25) is 0 Å². The van der Waals surface area contributed by atoms with Crippen LogP contribution in [0.3, 0.4) is 0 Å². The van der Waals surface area contributed by atoms with Crippen molar-refractivity contribution in [3.8, 4) is 0 Å². The van der Waals surface area contributed by atoms with Crippen LogP contribution in [-0.2, 0) is 0 Å². The van der Waals surface area contributed by atoms with Crippen LogP contribution < -0.4 is 16.6 Å². The maximum atomic E-state index is 12.4. The van der Waals surface area contributed by atoms with E-state index < -0.39 is 0 Å². The van der Waals surface area contributed by atoms with Crippen LogP contribution in [0.15, 0.2) is 35.8 Å². The highest BCUT2D eigenvalue weighted by molar-refractivity contribution is 7.13. The second-order valence-corrected chi connectivity index (χ2v) is 5.32. The summed E-state index contributed by atoms with van der Waals surface area (Å²) in [6.45, 7) is 1.88. The number of nitrogens with two attached hydrogens (primary N) is 1. The monoisotopic (exact) mass is 299 g/mol. The number of thiazole rings is 1. The topological polar surface area (TPSA) is 92.9 Å². The molecular formula is C14H13N5OS. The molecule has 0 bridgehead atoms. The van der Waals surface area contributed by atoms with E-state index in [1.807, 2.05) is 36.6 Å². The Bertz CT molecular complexity index is 814. The highest BCUT2D eigenvalue weighted by Gasteiger charge is 2.14. The van der Waals surface area contributed by atoms with Crippen molar-refractivity contribution in [1.29, 1.82) is 0 Å². The van der Waals surface area contributed by atoms with Gasteiger partial charge in [-0.3, -0.25) is 10.1 Å². The molecule has 0 fully saturated rings. The zero-order valence-corrected chi connectivity index (χ0v) is 12.1. The van der Waals surface area contributed by atoms with Crippen LogP contribution in [0, 0.1) is 6.92 Å². The Morgan fingerprint density at radius 2 is 2.05 bits per heavy atom. The lowest BCUT2D eigenvalue weighted by Crippen LogP contribution is -2.14. The molecule has 0 aliphatic rings. The molecule has 3 aromatic rings. The maximum absolute atomic E-state index is 12.4. The number of rotatable bonds is 3. The molecule has 0 spiro atoms. The third kappa shape index (κ3) is 2.56. The second kappa shape index (κ2) is 5.47. The number of aromatic nitrogens is 2. The third-order valence-corrected chi connectivity index (χ3v) is 3.89. The zero-order chi connectivity index (χ0) is 14.8. The van der Waals surface area contributed by atoms with Gasteiger partial charge in [0.05, 0.1) is 11.3 Å². The van der Waals surface area contributed by atoms with E-state index in [0.29, 0.717) is 16.5 Å². The number of fused-ring (bicyclic) bond motifs is 1. The Kier molecular flexibility index (Phi) is 3.51. The number of nitrogen functional groups attached to an aromatic ring is 1. The molecule has 4 N–H and O–H groups in total. The van der Waals surface area contributed by atoms with Gasteiger partial charge < -0.3 is 5.43 Å². The summed E-state index contributed by atoms with van der Waals surface area (Å²) >= 11 is 1.39. The number of aryl methyl sites for hydroxylation is 1. The molecule has 21 heavy (non-hydrogen) atoms. The molecule has 7 heteroatoms. The molecule has 106 valence electrons. The molecule has 2 aromatic heterocycles. The number of nitrogens with one attached hydrogen (secondary N) is 2. The average molecular weight is 299 g/mol. The van der Waals surface area contributed by atoms with Gasteiger partial charge in [-0.05, 0) is 12.3 Å². The lowest BCUT2D eigenvalue weighted by molar-refractivity contribution is 0.102. The first-order chi connectivity index (χ1) is 10.2. The first-order valence-electron chi connectivity index (χ1n) is 6.27. The number of amides is 1. The van der Waals surface area contributed by atoms with E-state index in [1.54, 1.807) is 0 Å². The number of hydrazine groups is 1. The Balaban J connectivity index is 2.02. The van der Waals surface area contributed by atoms with Crippen LogP contribution in [0.4, 0.5) is 10.9 Å². The largest absolute Gasteiger partial charge is 0.308 e. The van der Waals surface area contributed by atoms with Crippen LogP contribution >= 0.6 is 11.3 Å². The van der Waals surface area contributed by atoms with Gasteiger partial charge in [0.25, 0.3) is 5.91 Å². The Morgan fingerprint density at radius 3 is 2.71 bits per heavy atom. The first-order valence-corrected chi connectivity index (χ1v) is 7.15. The van der Waals surface area contributed by atoms with Crippen LogP contribution in [-0.4, -0.2) is 15.9 Å². The van der Waals surface area contributed by atoms with Gasteiger partial charge in [-0.1, -0.05) is 24.3 Å². The van der Waals surface area contributed by atoms with Crippen LogP contribution in [0.5, 0.6) is 0 Å². The summed E-state index contributed by atoms with van der Waals surface area (Å²) in [5.74, 6) is 5.74. The fraction of sp³-hybridized carbons (Fsp3) is 0.0714. The van der Waals surface area contributed by atoms with E-state index in [2.05, 4.69) is 20.7 Å². The number of carbonyl (C=O) groups excluding carboxylic acids is 1. The third-order valence-electron chi connectivity index (χ3n) is 3.02. The van der Waals surface area contributed by atoms with Gasteiger partial charge in [-0.2, -0.15) is 0 Å². The summed E-state index contributed by atoms with van der Waals surface area (Å²) in [5, 5.41) is 6.82. The quantitative estimate of drug-likeness (QED) is 0.510. The van der Waals surface area contributed by atoms with E-state index >= 15 is 0 Å². The molecule has 0 saturated carbocycles. The predicted octanol–water partition coefficient (Wildman–Crippen LogP) is 2.54. The summed E-state index contributed by atoms with van der Waals surface area (Å²) in [7, 11) is 0.